The zero-order valence-corrected chi connectivity index (χ0v) is 12.2. The number of rotatable bonds is 2. The predicted molar refractivity (Wildman–Crippen MR) is 79.1 cm³/mol. The Morgan fingerprint density at radius 2 is 2.32 bits per heavy atom. The van der Waals surface area contributed by atoms with Gasteiger partial charge in [0.2, 0.25) is 0 Å². The summed E-state index contributed by atoms with van der Waals surface area (Å²) in [5.74, 6) is 0.660. The van der Waals surface area contributed by atoms with Crippen molar-refractivity contribution < 1.29 is 4.79 Å². The quantitative estimate of drug-likeness (QED) is 0.788. The van der Waals surface area contributed by atoms with Crippen molar-refractivity contribution in [1.82, 2.24) is 9.88 Å². The van der Waals surface area contributed by atoms with E-state index < -0.39 is 0 Å². The van der Waals surface area contributed by atoms with Gasteiger partial charge in [-0.05, 0) is 45.5 Å². The van der Waals surface area contributed by atoms with Crippen molar-refractivity contribution in [3.63, 3.8) is 0 Å². The molecular formula is C15H18N2OS. The highest BCUT2D eigenvalue weighted by atomic mass is 32.1. The molecular weight excluding hydrogens is 256 g/mol. The van der Waals surface area contributed by atoms with Crippen LogP contribution < -0.4 is 0 Å². The summed E-state index contributed by atoms with van der Waals surface area (Å²) < 4.78 is 0. The van der Waals surface area contributed by atoms with Gasteiger partial charge in [-0.1, -0.05) is 6.07 Å². The maximum atomic E-state index is 11.4. The van der Waals surface area contributed by atoms with Crippen LogP contribution in [0.25, 0.3) is 10.2 Å². The molecule has 0 N–H and O–H groups in total. The van der Waals surface area contributed by atoms with Gasteiger partial charge in [0.15, 0.2) is 5.78 Å². The molecule has 100 valence electrons. The third-order valence-electron chi connectivity index (χ3n) is 3.79. The largest absolute Gasteiger partial charge is 0.306 e. The van der Waals surface area contributed by atoms with Crippen LogP contribution in [0.15, 0.2) is 18.2 Å². The number of likely N-dealkylation sites (tertiary alicyclic amines) is 1. The molecule has 2 aromatic heterocycles. The number of hydrogen-bond donors (Lipinski definition) is 0. The molecule has 3 heterocycles. The number of piperidine rings is 1. The third kappa shape index (κ3) is 2.55. The second-order valence-electron chi connectivity index (χ2n) is 5.40. The standard InChI is InChI=1S/C15H18N2OS/c1-10(18)14-8-11-5-6-13(16-15(11)19-14)12-4-3-7-17(2)9-12/h5-6,8,12H,3-4,7,9H2,1-2H3/t12-/m0/s1. The van der Waals surface area contributed by atoms with Crippen molar-refractivity contribution >= 4 is 27.3 Å². The minimum Gasteiger partial charge on any atom is -0.306 e. The van der Waals surface area contributed by atoms with Crippen LogP contribution in [0.3, 0.4) is 0 Å². The minimum atomic E-state index is 0.127. The number of aromatic nitrogens is 1. The Kier molecular flexibility index (Phi) is 3.37. The summed E-state index contributed by atoms with van der Waals surface area (Å²) in [5, 5.41) is 1.09. The SMILES string of the molecule is CC(=O)c1cc2ccc([C@H]3CCCN(C)C3)nc2s1. The average molecular weight is 274 g/mol. The highest BCUT2D eigenvalue weighted by Crippen LogP contribution is 2.29. The van der Waals surface area contributed by atoms with Crippen molar-refractivity contribution in [2.75, 3.05) is 20.1 Å². The van der Waals surface area contributed by atoms with E-state index in [4.69, 9.17) is 4.98 Å². The molecule has 1 aliphatic rings. The zero-order chi connectivity index (χ0) is 13.4. The first-order valence-corrected chi connectivity index (χ1v) is 7.55. The highest BCUT2D eigenvalue weighted by Gasteiger charge is 2.20. The Labute approximate surface area is 117 Å². The van der Waals surface area contributed by atoms with Gasteiger partial charge < -0.3 is 4.90 Å². The summed E-state index contributed by atoms with van der Waals surface area (Å²) in [5.41, 5.74) is 1.18. The van der Waals surface area contributed by atoms with Crippen molar-refractivity contribution in [3.05, 3.63) is 28.8 Å². The van der Waals surface area contributed by atoms with Crippen molar-refractivity contribution in [2.24, 2.45) is 0 Å². The van der Waals surface area contributed by atoms with Crippen molar-refractivity contribution in [1.29, 1.82) is 0 Å². The average Bonchev–Trinajstić information content (AvgIpc) is 2.81. The third-order valence-corrected chi connectivity index (χ3v) is 4.94. The number of fused-ring (bicyclic) bond motifs is 1. The molecule has 0 aromatic carbocycles. The van der Waals surface area contributed by atoms with E-state index >= 15 is 0 Å². The number of hydrogen-bond acceptors (Lipinski definition) is 4. The predicted octanol–water partition coefficient (Wildman–Crippen LogP) is 3.31. The van der Waals surface area contributed by atoms with Crippen LogP contribution in [0.2, 0.25) is 0 Å². The molecule has 19 heavy (non-hydrogen) atoms. The fourth-order valence-corrected chi connectivity index (χ4v) is 3.67. The molecule has 2 aromatic rings. The lowest BCUT2D eigenvalue weighted by molar-refractivity contribution is 0.102. The van der Waals surface area contributed by atoms with E-state index in [0.29, 0.717) is 5.92 Å². The molecule has 3 nitrogen and oxygen atoms in total. The number of ketones is 1. The molecule has 0 spiro atoms. The zero-order valence-electron chi connectivity index (χ0n) is 11.3. The first kappa shape index (κ1) is 12.8. The molecule has 1 aliphatic heterocycles. The minimum absolute atomic E-state index is 0.127. The molecule has 0 amide bonds. The lowest BCUT2D eigenvalue weighted by atomic mass is 9.94. The summed E-state index contributed by atoms with van der Waals surface area (Å²) in [6, 6.07) is 6.18. The Morgan fingerprint density at radius 3 is 3.05 bits per heavy atom. The lowest BCUT2D eigenvalue weighted by Gasteiger charge is -2.29. The number of Topliss-reactive ketones (excluding diaryl/α,β-unsaturated/α-hetero) is 1. The van der Waals surface area contributed by atoms with E-state index in [9.17, 15) is 4.79 Å². The monoisotopic (exact) mass is 274 g/mol. The molecule has 0 unspecified atom stereocenters. The molecule has 4 heteroatoms. The van der Waals surface area contributed by atoms with Gasteiger partial charge in [0, 0.05) is 23.5 Å². The van der Waals surface area contributed by atoms with Crippen LogP contribution in [0, 0.1) is 0 Å². The number of nitrogens with zero attached hydrogens (tertiary/aromatic N) is 2. The molecule has 0 aliphatic carbocycles. The lowest BCUT2D eigenvalue weighted by Crippen LogP contribution is -2.31. The first-order valence-electron chi connectivity index (χ1n) is 6.73. The number of carbonyl (C=O) groups excluding carboxylic acids is 1. The van der Waals surface area contributed by atoms with E-state index in [1.165, 1.54) is 36.4 Å². The summed E-state index contributed by atoms with van der Waals surface area (Å²) in [6.45, 7) is 3.89. The van der Waals surface area contributed by atoms with E-state index in [2.05, 4.69) is 24.1 Å². The molecule has 3 rings (SSSR count). The van der Waals surface area contributed by atoms with E-state index in [1.807, 2.05) is 6.07 Å². The van der Waals surface area contributed by atoms with Gasteiger partial charge in [-0.15, -0.1) is 11.3 Å². The van der Waals surface area contributed by atoms with E-state index in [1.54, 1.807) is 6.92 Å². The van der Waals surface area contributed by atoms with E-state index in [0.717, 1.165) is 21.6 Å². The maximum Gasteiger partial charge on any atom is 0.169 e. The molecule has 1 saturated heterocycles. The maximum absolute atomic E-state index is 11.4. The van der Waals surface area contributed by atoms with Gasteiger partial charge in [-0.3, -0.25) is 4.79 Å². The van der Waals surface area contributed by atoms with Crippen LogP contribution in [0.4, 0.5) is 0 Å². The molecule has 0 radical (unpaired) electrons. The number of thiophene rings is 1. The molecule has 1 atom stereocenters. The number of pyridine rings is 1. The fraction of sp³-hybridized carbons (Fsp3) is 0.467. The van der Waals surface area contributed by atoms with Gasteiger partial charge in [0.05, 0.1) is 4.88 Å². The number of likely N-dealkylation sites (N-methyl/N-ethyl adjacent to an activating group) is 1. The van der Waals surface area contributed by atoms with Crippen molar-refractivity contribution in [2.45, 2.75) is 25.7 Å². The fourth-order valence-electron chi connectivity index (χ4n) is 2.74. The second kappa shape index (κ2) is 5.02. The normalized spacial score (nSPS) is 20.8. The summed E-state index contributed by atoms with van der Waals surface area (Å²) >= 11 is 1.51. The van der Waals surface area contributed by atoms with Crippen molar-refractivity contribution in [3.8, 4) is 0 Å². The summed E-state index contributed by atoms with van der Waals surface area (Å²) in [7, 11) is 2.17. The van der Waals surface area contributed by atoms with Crippen LogP contribution in [-0.2, 0) is 0 Å². The topological polar surface area (TPSA) is 33.2 Å². The Bertz CT molecular complexity index is 620. The second-order valence-corrected chi connectivity index (χ2v) is 6.43. The smallest absolute Gasteiger partial charge is 0.169 e. The molecule has 0 saturated carbocycles. The van der Waals surface area contributed by atoms with E-state index in [-0.39, 0.29) is 5.78 Å². The highest BCUT2D eigenvalue weighted by molar-refractivity contribution is 7.20. The Morgan fingerprint density at radius 1 is 1.47 bits per heavy atom. The Hall–Kier alpha value is -1.26. The number of carbonyl (C=O) groups is 1. The first-order chi connectivity index (χ1) is 9.13. The molecule has 1 fully saturated rings. The van der Waals surface area contributed by atoms with Crippen LogP contribution in [-0.4, -0.2) is 35.8 Å². The van der Waals surface area contributed by atoms with Crippen LogP contribution in [0.1, 0.15) is 41.0 Å². The summed E-state index contributed by atoms with van der Waals surface area (Å²) in [4.78, 5) is 20.4. The Balaban J connectivity index is 1.94. The van der Waals surface area contributed by atoms with Crippen LogP contribution in [0.5, 0.6) is 0 Å². The van der Waals surface area contributed by atoms with Gasteiger partial charge in [-0.25, -0.2) is 4.98 Å². The van der Waals surface area contributed by atoms with Gasteiger partial charge in [-0.2, -0.15) is 0 Å². The van der Waals surface area contributed by atoms with Gasteiger partial charge in [0.25, 0.3) is 0 Å². The van der Waals surface area contributed by atoms with Gasteiger partial charge >= 0.3 is 0 Å². The molecule has 0 bridgehead atoms. The van der Waals surface area contributed by atoms with Gasteiger partial charge in [0.1, 0.15) is 4.83 Å². The van der Waals surface area contributed by atoms with Crippen LogP contribution >= 0.6 is 11.3 Å². The summed E-state index contributed by atoms with van der Waals surface area (Å²) in [6.07, 6.45) is 2.46.